The topological polar surface area (TPSA) is 57.4 Å². The van der Waals surface area contributed by atoms with Crippen molar-refractivity contribution in [2.75, 3.05) is 0 Å². The third kappa shape index (κ3) is 3.86. The number of nitrogens with one attached hydrogen (secondary N) is 2. The lowest BCUT2D eigenvalue weighted by atomic mass is 10.2. The first kappa shape index (κ1) is 21.5. The Morgan fingerprint density at radius 1 is 0.606 bits per heavy atom. The monoisotopic (exact) mass is 524 g/mol. The first-order valence-electron chi connectivity index (χ1n) is 9.44. The van der Waals surface area contributed by atoms with Crippen molar-refractivity contribution in [3.63, 3.8) is 0 Å². The van der Waals surface area contributed by atoms with E-state index in [1.807, 2.05) is 0 Å². The minimum absolute atomic E-state index is 0.109. The third-order valence-corrected chi connectivity index (χ3v) is 5.89. The predicted molar refractivity (Wildman–Crippen MR) is 117 cm³/mol. The number of halogens is 7. The molecule has 2 N–H and O–H groups in total. The van der Waals surface area contributed by atoms with E-state index in [1.165, 1.54) is 54.6 Å². The molecule has 0 unspecified atom stereocenters. The van der Waals surface area contributed by atoms with Crippen molar-refractivity contribution in [3.8, 4) is 0 Å². The normalized spacial score (nSPS) is 13.7. The smallest absolute Gasteiger partial charge is 0.355 e. The van der Waals surface area contributed by atoms with E-state index in [9.17, 15) is 26.3 Å². The van der Waals surface area contributed by atoms with E-state index in [0.717, 1.165) is 0 Å². The molecule has 3 aromatic heterocycles. The van der Waals surface area contributed by atoms with Crippen molar-refractivity contribution in [3.05, 3.63) is 68.7 Å². The summed E-state index contributed by atoms with van der Waals surface area (Å²) >= 11 is 3.23. The lowest BCUT2D eigenvalue weighted by Gasteiger charge is -2.07. The largest absolute Gasteiger partial charge is 0.420 e. The fraction of sp³-hybridized carbons (Fsp3) is 0.0909. The highest BCUT2D eigenvalue weighted by molar-refractivity contribution is 9.10. The van der Waals surface area contributed by atoms with Gasteiger partial charge >= 0.3 is 12.4 Å². The van der Waals surface area contributed by atoms with Crippen LogP contribution in [-0.2, 0) is 12.4 Å². The molecule has 0 radical (unpaired) electrons. The molecule has 11 heteroatoms. The van der Waals surface area contributed by atoms with Gasteiger partial charge in [0.1, 0.15) is 11.1 Å². The predicted octanol–water partition coefficient (Wildman–Crippen LogP) is 7.46. The van der Waals surface area contributed by atoms with Crippen LogP contribution in [0, 0.1) is 0 Å². The molecule has 168 valence electrons. The zero-order valence-electron chi connectivity index (χ0n) is 16.2. The Morgan fingerprint density at radius 3 is 1.39 bits per heavy atom. The van der Waals surface area contributed by atoms with Crippen LogP contribution in [0.25, 0.3) is 46.4 Å². The van der Waals surface area contributed by atoms with Crippen molar-refractivity contribution >= 4 is 62.3 Å². The first-order chi connectivity index (χ1) is 15.5. The zero-order valence-corrected chi connectivity index (χ0v) is 17.8. The van der Waals surface area contributed by atoms with E-state index in [4.69, 9.17) is 0 Å². The molecule has 4 nitrogen and oxygen atoms in total. The average molecular weight is 525 g/mol. The van der Waals surface area contributed by atoms with Crippen LogP contribution in [-0.4, -0.2) is 19.9 Å². The van der Waals surface area contributed by atoms with Crippen LogP contribution in [0.5, 0.6) is 0 Å². The lowest BCUT2D eigenvalue weighted by Crippen LogP contribution is -2.08. The van der Waals surface area contributed by atoms with Crippen molar-refractivity contribution in [2.24, 2.45) is 0 Å². The van der Waals surface area contributed by atoms with Gasteiger partial charge in [-0.1, -0.05) is 0 Å². The molecule has 33 heavy (non-hydrogen) atoms. The summed E-state index contributed by atoms with van der Waals surface area (Å²) in [4.78, 5) is 13.5. The van der Waals surface area contributed by atoms with Gasteiger partial charge in [0.2, 0.25) is 0 Å². The minimum Gasteiger partial charge on any atom is -0.355 e. The summed E-state index contributed by atoms with van der Waals surface area (Å²) in [5, 5.41) is 0. The van der Waals surface area contributed by atoms with Gasteiger partial charge in [-0.3, -0.25) is 0 Å². The average Bonchev–Trinajstić information content (AvgIpc) is 3.48. The highest BCUT2D eigenvalue weighted by atomic mass is 79.9. The molecule has 2 aliphatic rings. The standard InChI is InChI=1S/C22H11BrF6N4/c23-20-16-7-5-14(32-16)18(21(24,25)26)12-3-1-10(30-12)9-11-2-4-13(31-11)19(22(27,28)29)15-6-8-17(20)33-15/h1-9,30-31H. The number of alkyl halides is 6. The summed E-state index contributed by atoms with van der Waals surface area (Å²) < 4.78 is 83.7. The third-order valence-electron chi connectivity index (χ3n) is 5.08. The molecule has 0 saturated heterocycles. The fourth-order valence-electron chi connectivity index (χ4n) is 3.70. The van der Waals surface area contributed by atoms with Crippen LogP contribution in [0.2, 0.25) is 0 Å². The van der Waals surface area contributed by atoms with Gasteiger partial charge < -0.3 is 9.97 Å². The summed E-state index contributed by atoms with van der Waals surface area (Å²) in [5.74, 6) is 0. The Bertz CT molecular complexity index is 1400. The Morgan fingerprint density at radius 2 is 1.00 bits per heavy atom. The van der Waals surface area contributed by atoms with E-state index in [2.05, 4.69) is 35.9 Å². The van der Waals surface area contributed by atoms with Gasteiger partial charge in [-0.25, -0.2) is 9.97 Å². The molecule has 2 aliphatic heterocycles. The van der Waals surface area contributed by atoms with Gasteiger partial charge in [0.05, 0.1) is 38.3 Å². The minimum atomic E-state index is -4.71. The van der Waals surface area contributed by atoms with Crippen molar-refractivity contribution in [1.29, 1.82) is 0 Å². The summed E-state index contributed by atoms with van der Waals surface area (Å²) in [5.41, 5.74) is -2.25. The fourth-order valence-corrected chi connectivity index (χ4v) is 4.14. The molecule has 3 aromatic rings. The maximum absolute atomic E-state index is 13.9. The first-order valence-corrected chi connectivity index (χ1v) is 10.2. The second-order valence-corrected chi connectivity index (χ2v) is 8.08. The summed E-state index contributed by atoms with van der Waals surface area (Å²) in [6, 6.07) is 6.73. The molecule has 5 rings (SSSR count). The molecule has 0 amide bonds. The van der Waals surface area contributed by atoms with Crippen LogP contribution < -0.4 is 0 Å². The van der Waals surface area contributed by atoms with E-state index in [1.54, 1.807) is 0 Å². The maximum atomic E-state index is 13.9. The molecule has 0 spiro atoms. The number of rotatable bonds is 0. The molecule has 0 aliphatic carbocycles. The molecular weight excluding hydrogens is 514 g/mol. The van der Waals surface area contributed by atoms with Crippen molar-refractivity contribution in [1.82, 2.24) is 19.9 Å². The van der Waals surface area contributed by atoms with Crippen molar-refractivity contribution < 1.29 is 26.3 Å². The number of aromatic nitrogens is 4. The molecule has 0 aromatic carbocycles. The second kappa shape index (κ2) is 7.34. The van der Waals surface area contributed by atoms with Crippen molar-refractivity contribution in [2.45, 2.75) is 12.4 Å². The van der Waals surface area contributed by atoms with Gasteiger partial charge in [-0.05, 0) is 70.6 Å². The summed E-state index contributed by atoms with van der Waals surface area (Å²) in [6.07, 6.45) is -4.32. The van der Waals surface area contributed by atoms with Crippen LogP contribution in [0.4, 0.5) is 26.3 Å². The quantitative estimate of drug-likeness (QED) is 0.206. The van der Waals surface area contributed by atoms with Gasteiger partial charge in [0.15, 0.2) is 0 Å². The highest BCUT2D eigenvalue weighted by Crippen LogP contribution is 2.38. The van der Waals surface area contributed by atoms with E-state index >= 15 is 0 Å². The van der Waals surface area contributed by atoms with E-state index in [0.29, 0.717) is 0 Å². The zero-order chi connectivity index (χ0) is 23.5. The van der Waals surface area contributed by atoms with E-state index < -0.39 is 23.5 Å². The Balaban J connectivity index is 1.97. The summed E-state index contributed by atoms with van der Waals surface area (Å²) in [7, 11) is 0. The number of aromatic amines is 2. The molecule has 5 heterocycles. The highest BCUT2D eigenvalue weighted by Gasteiger charge is 2.37. The Labute approximate surface area is 189 Å². The second-order valence-electron chi connectivity index (χ2n) is 7.29. The molecular formula is C22H11BrF6N4. The number of H-pyrrole nitrogens is 2. The number of hydrogen-bond acceptors (Lipinski definition) is 2. The van der Waals surface area contributed by atoms with Gasteiger partial charge in [-0.15, -0.1) is 0 Å². The molecule has 0 atom stereocenters. The van der Waals surface area contributed by atoms with Gasteiger partial charge in [-0.2, -0.15) is 26.3 Å². The van der Waals surface area contributed by atoms with Crippen LogP contribution in [0.3, 0.4) is 0 Å². The van der Waals surface area contributed by atoms with Gasteiger partial charge in [0, 0.05) is 11.0 Å². The number of fused-ring (bicyclic) bond motifs is 8. The lowest BCUT2D eigenvalue weighted by molar-refractivity contribution is -0.137. The van der Waals surface area contributed by atoms with E-state index in [-0.39, 0.29) is 49.3 Å². The maximum Gasteiger partial charge on any atom is 0.420 e. The number of hydrogen-bond donors (Lipinski definition) is 2. The number of nitrogens with zero attached hydrogens (tertiary/aromatic N) is 2. The van der Waals surface area contributed by atoms with Crippen LogP contribution in [0.15, 0.2) is 34.8 Å². The summed E-state index contributed by atoms with van der Waals surface area (Å²) in [6.45, 7) is 0. The van der Waals surface area contributed by atoms with Gasteiger partial charge in [0.25, 0.3) is 0 Å². The molecule has 8 bridgehead atoms. The Kier molecular flexibility index (Phi) is 4.78. The SMILES string of the molecule is FC(F)(F)c1c2nc(c(Br)c3nc(c(C(F)(F)F)c4ccc(cc5ccc1[nH]5)[nH]4)C=C3)C=C2. The Hall–Kier alpha value is -3.34. The van der Waals surface area contributed by atoms with Crippen LogP contribution >= 0.6 is 15.9 Å². The molecule has 0 saturated carbocycles. The molecule has 0 fully saturated rings. The van der Waals surface area contributed by atoms with Crippen LogP contribution in [0.1, 0.15) is 33.9 Å².